The average Bonchev–Trinajstić information content (AvgIpc) is 3.55. The first-order valence-electron chi connectivity index (χ1n) is 14.6. The minimum Gasteiger partial charge on any atom is -0.455 e. The molecule has 4 aliphatic heterocycles. The number of aliphatic hydroxyl groups excluding tert-OH is 1. The molecular formula is C31H38BrN3O7. The van der Waals surface area contributed by atoms with Gasteiger partial charge in [-0.2, -0.15) is 0 Å². The van der Waals surface area contributed by atoms with Crippen molar-refractivity contribution in [2.75, 3.05) is 26.2 Å². The van der Waals surface area contributed by atoms with Gasteiger partial charge in [-0.05, 0) is 44.7 Å². The van der Waals surface area contributed by atoms with Crippen molar-refractivity contribution in [3.63, 3.8) is 0 Å². The summed E-state index contributed by atoms with van der Waals surface area (Å²) in [5, 5.41) is 12.3. The van der Waals surface area contributed by atoms with Crippen molar-refractivity contribution in [3.05, 3.63) is 58.6 Å². The number of rotatable bonds is 6. The van der Waals surface area contributed by atoms with Gasteiger partial charge in [0.05, 0.1) is 12.5 Å². The van der Waals surface area contributed by atoms with Gasteiger partial charge in [-0.15, -0.1) is 0 Å². The Morgan fingerprint density at radius 2 is 1.86 bits per heavy atom. The molecule has 5 rings (SSSR count). The summed E-state index contributed by atoms with van der Waals surface area (Å²) in [4.78, 5) is 58.4. The Hall–Kier alpha value is -3.02. The number of allylic oxidation sites excluding steroid dienone is 1. The molecule has 2 fully saturated rings. The summed E-state index contributed by atoms with van der Waals surface area (Å²) in [5.41, 5.74) is -0.636. The molecule has 1 aromatic rings. The lowest BCUT2D eigenvalue weighted by atomic mass is 9.74. The van der Waals surface area contributed by atoms with Gasteiger partial charge in [0.15, 0.2) is 0 Å². The molecule has 226 valence electrons. The smallest absolute Gasteiger partial charge is 0.313 e. The van der Waals surface area contributed by atoms with Crippen molar-refractivity contribution in [3.8, 4) is 0 Å². The molecule has 2 saturated heterocycles. The van der Waals surface area contributed by atoms with Crippen LogP contribution in [0.3, 0.4) is 0 Å². The second-order valence-electron chi connectivity index (χ2n) is 11.5. The minimum atomic E-state index is -1.35. The highest BCUT2D eigenvalue weighted by Gasteiger charge is 2.74. The number of aliphatic hydroxyl groups is 1. The average molecular weight is 645 g/mol. The van der Waals surface area contributed by atoms with Crippen molar-refractivity contribution < 1.29 is 33.8 Å². The van der Waals surface area contributed by atoms with Crippen molar-refractivity contribution in [2.45, 2.75) is 69.4 Å². The number of carbonyl (C=O) groups is 4. The molecule has 0 aromatic heterocycles. The summed E-state index contributed by atoms with van der Waals surface area (Å²) in [6, 6.07) is 7.98. The lowest BCUT2D eigenvalue weighted by Gasteiger charge is -2.37. The Kier molecular flexibility index (Phi) is 9.20. The third-order valence-corrected chi connectivity index (χ3v) is 9.25. The van der Waals surface area contributed by atoms with Crippen LogP contribution in [-0.2, 0) is 28.7 Å². The van der Waals surface area contributed by atoms with Crippen LogP contribution in [0.25, 0.3) is 0 Å². The predicted octanol–water partition coefficient (Wildman–Crippen LogP) is 2.62. The summed E-state index contributed by atoms with van der Waals surface area (Å²) in [7, 11) is 0. The number of halogens is 1. The molecule has 5 bridgehead atoms. The number of likely N-dealkylation sites (tertiary alicyclic amines) is 1. The molecule has 1 aromatic carbocycles. The summed E-state index contributed by atoms with van der Waals surface area (Å²) in [6.45, 7) is 4.40. The Balaban J connectivity index is 1.57. The lowest BCUT2D eigenvalue weighted by Crippen LogP contribution is -2.57. The maximum atomic E-state index is 14.4. The van der Waals surface area contributed by atoms with Gasteiger partial charge in [0.1, 0.15) is 29.8 Å². The summed E-state index contributed by atoms with van der Waals surface area (Å²) >= 11 is 3.57. The van der Waals surface area contributed by atoms with E-state index in [0.717, 1.165) is 0 Å². The van der Waals surface area contributed by atoms with Crippen LogP contribution in [0.5, 0.6) is 0 Å². The minimum absolute atomic E-state index is 0.0332. The van der Waals surface area contributed by atoms with Gasteiger partial charge in [0.2, 0.25) is 17.7 Å². The third kappa shape index (κ3) is 5.54. The van der Waals surface area contributed by atoms with Gasteiger partial charge in [-0.25, -0.2) is 0 Å². The van der Waals surface area contributed by atoms with E-state index in [1.54, 1.807) is 15.9 Å². The number of amides is 3. The van der Waals surface area contributed by atoms with E-state index in [4.69, 9.17) is 9.47 Å². The lowest BCUT2D eigenvalue weighted by molar-refractivity contribution is -0.160. The number of esters is 1. The zero-order chi connectivity index (χ0) is 30.0. The van der Waals surface area contributed by atoms with Gasteiger partial charge >= 0.3 is 5.97 Å². The van der Waals surface area contributed by atoms with E-state index in [0.29, 0.717) is 35.9 Å². The van der Waals surface area contributed by atoms with Crippen LogP contribution in [0.4, 0.5) is 0 Å². The maximum absolute atomic E-state index is 14.4. The van der Waals surface area contributed by atoms with Crippen LogP contribution in [0.1, 0.15) is 51.2 Å². The SMILES string of the molecule is CC(C)N1C/C=C\CCC(=O)NC[C@@H](c2ccccc2)OC(=O)[C@@H]2[C@H]3O[C@@]4(C=C3Br)[C@H](C1=O)N(CCCCO)C(=O)[C@@H]24. The van der Waals surface area contributed by atoms with Crippen LogP contribution in [0.15, 0.2) is 53.0 Å². The van der Waals surface area contributed by atoms with E-state index in [9.17, 15) is 24.3 Å². The third-order valence-electron chi connectivity index (χ3n) is 8.57. The fourth-order valence-corrected chi connectivity index (χ4v) is 7.28. The first-order chi connectivity index (χ1) is 20.2. The first kappa shape index (κ1) is 30.4. The van der Waals surface area contributed by atoms with E-state index in [1.807, 2.05) is 56.3 Å². The van der Waals surface area contributed by atoms with Gasteiger partial charge in [-0.1, -0.05) is 58.4 Å². The number of nitrogens with one attached hydrogen (secondary N) is 1. The second kappa shape index (κ2) is 12.7. The molecule has 10 nitrogen and oxygen atoms in total. The number of carbonyl (C=O) groups excluding carboxylic acids is 4. The van der Waals surface area contributed by atoms with E-state index in [1.165, 1.54) is 0 Å². The molecule has 0 saturated carbocycles. The van der Waals surface area contributed by atoms with E-state index in [-0.39, 0.29) is 49.9 Å². The normalized spacial score (nSPS) is 32.6. The highest BCUT2D eigenvalue weighted by molar-refractivity contribution is 9.11. The molecule has 3 amide bonds. The Morgan fingerprint density at radius 3 is 2.57 bits per heavy atom. The molecule has 6 atom stereocenters. The van der Waals surface area contributed by atoms with Crippen molar-refractivity contribution in [1.82, 2.24) is 15.1 Å². The Bertz CT molecular complexity index is 1270. The molecule has 4 heterocycles. The number of cyclic esters (lactones) is 1. The van der Waals surface area contributed by atoms with Crippen LogP contribution < -0.4 is 5.32 Å². The molecule has 2 N–H and O–H groups in total. The quantitative estimate of drug-likeness (QED) is 0.277. The molecule has 0 unspecified atom stereocenters. The predicted molar refractivity (Wildman–Crippen MR) is 157 cm³/mol. The zero-order valence-corrected chi connectivity index (χ0v) is 25.5. The standard InChI is InChI=1S/C31H38BrN3O7/c1-19(2)34-14-8-4-7-13-23(37)33-18-22(20-11-5-3-6-12-20)41-30(40)24-25-28(38)35(15-9-10-16-36)27(29(34)39)31(25)17-21(32)26(24)42-31/h3-6,8,11-12,17,19,22,24-27,36H,7,9-10,13-16,18H2,1-2H3,(H,33,37)/b8-4-/t22-,24-,25+,26-,27-,31+/m0/s1. The highest BCUT2D eigenvalue weighted by Crippen LogP contribution is 2.59. The summed E-state index contributed by atoms with van der Waals surface area (Å²) in [6.07, 6.45) is 5.66. The Morgan fingerprint density at radius 1 is 1.10 bits per heavy atom. The van der Waals surface area contributed by atoms with Crippen LogP contribution in [0.2, 0.25) is 0 Å². The second-order valence-corrected chi connectivity index (χ2v) is 12.4. The van der Waals surface area contributed by atoms with Gasteiger partial charge in [0, 0.05) is 36.6 Å². The number of unbranched alkanes of at least 4 members (excludes halogenated alkanes) is 1. The van der Waals surface area contributed by atoms with Gasteiger partial charge in [0.25, 0.3) is 0 Å². The maximum Gasteiger partial charge on any atom is 0.313 e. The fraction of sp³-hybridized carbons (Fsp3) is 0.548. The van der Waals surface area contributed by atoms with Crippen molar-refractivity contribution >= 4 is 39.6 Å². The molecule has 42 heavy (non-hydrogen) atoms. The number of ether oxygens (including phenoxy) is 2. The first-order valence-corrected chi connectivity index (χ1v) is 15.4. The number of nitrogens with zero attached hydrogens (tertiary/aromatic N) is 2. The van der Waals surface area contributed by atoms with E-state index < -0.39 is 41.7 Å². The molecule has 4 aliphatic rings. The molecule has 11 heteroatoms. The summed E-state index contributed by atoms with van der Waals surface area (Å²) in [5.74, 6) is -3.35. The summed E-state index contributed by atoms with van der Waals surface area (Å²) < 4.78 is 13.2. The number of benzene rings is 1. The van der Waals surface area contributed by atoms with E-state index in [2.05, 4.69) is 21.2 Å². The number of hydrogen-bond acceptors (Lipinski definition) is 7. The molecule has 0 aliphatic carbocycles. The topological polar surface area (TPSA) is 125 Å². The van der Waals surface area contributed by atoms with Crippen LogP contribution >= 0.6 is 15.9 Å². The number of fused-ring (bicyclic) bond motifs is 2. The van der Waals surface area contributed by atoms with Crippen LogP contribution in [-0.4, -0.2) is 88.6 Å². The number of hydrogen-bond donors (Lipinski definition) is 2. The zero-order valence-electron chi connectivity index (χ0n) is 23.9. The Labute approximate surface area is 254 Å². The van der Waals surface area contributed by atoms with Crippen LogP contribution in [0, 0.1) is 11.8 Å². The van der Waals surface area contributed by atoms with Gasteiger partial charge in [-0.3, -0.25) is 19.2 Å². The molecular weight excluding hydrogens is 606 g/mol. The van der Waals surface area contributed by atoms with E-state index >= 15 is 0 Å². The fourth-order valence-electron chi connectivity index (χ4n) is 6.54. The molecule has 0 radical (unpaired) electrons. The largest absolute Gasteiger partial charge is 0.455 e. The van der Waals surface area contributed by atoms with Gasteiger partial charge < -0.3 is 29.7 Å². The van der Waals surface area contributed by atoms with Crippen molar-refractivity contribution in [2.24, 2.45) is 11.8 Å². The molecule has 1 spiro atoms. The van der Waals surface area contributed by atoms with Crippen molar-refractivity contribution in [1.29, 1.82) is 0 Å². The highest BCUT2D eigenvalue weighted by atomic mass is 79.9. The monoisotopic (exact) mass is 643 g/mol.